The second-order valence-electron chi connectivity index (χ2n) is 3.38. The van der Waals surface area contributed by atoms with Crippen molar-refractivity contribution in [3.05, 3.63) is 42.5 Å². The maximum absolute atomic E-state index is 8.40. The third-order valence-corrected chi connectivity index (χ3v) is 2.24. The van der Waals surface area contributed by atoms with Crippen LogP contribution in [0, 0.1) is 0 Å². The van der Waals surface area contributed by atoms with Gasteiger partial charge in [0.2, 0.25) is 0 Å². The summed E-state index contributed by atoms with van der Waals surface area (Å²) >= 11 is 0. The van der Waals surface area contributed by atoms with Gasteiger partial charge in [-0.3, -0.25) is 0 Å². The van der Waals surface area contributed by atoms with E-state index in [-0.39, 0.29) is 0 Å². The molecule has 1 aromatic carbocycles. The lowest BCUT2D eigenvalue weighted by Gasteiger charge is -2.05. The van der Waals surface area contributed by atoms with Crippen molar-refractivity contribution in [2.24, 2.45) is 5.16 Å². The molecule has 0 radical (unpaired) electrons. The highest BCUT2D eigenvalue weighted by Crippen LogP contribution is 2.15. The van der Waals surface area contributed by atoms with Crippen molar-refractivity contribution in [2.45, 2.75) is 6.92 Å². The van der Waals surface area contributed by atoms with E-state index >= 15 is 0 Å². The molecule has 5 heteroatoms. The zero-order valence-corrected chi connectivity index (χ0v) is 9.45. The first-order valence-corrected chi connectivity index (χ1v) is 5.28. The Balaban J connectivity index is 2.20. The van der Waals surface area contributed by atoms with Crippen LogP contribution < -0.4 is 4.74 Å². The molecule has 0 aliphatic heterocycles. The van der Waals surface area contributed by atoms with E-state index in [1.165, 1.54) is 6.21 Å². The first kappa shape index (κ1) is 11.2. The first-order chi connectivity index (χ1) is 8.33. The minimum atomic E-state index is 0.599. The van der Waals surface area contributed by atoms with Gasteiger partial charge >= 0.3 is 0 Å². The van der Waals surface area contributed by atoms with Crippen LogP contribution in [-0.2, 0) is 0 Å². The topological polar surface area (TPSA) is 59.6 Å². The summed E-state index contributed by atoms with van der Waals surface area (Å²) in [4.78, 5) is 4.06. The summed E-state index contributed by atoms with van der Waals surface area (Å²) in [5, 5.41) is 11.3. The van der Waals surface area contributed by atoms with Crippen LogP contribution in [0.25, 0.3) is 5.69 Å². The molecular formula is C12H13N3O2. The molecule has 17 heavy (non-hydrogen) atoms. The number of imidazole rings is 1. The van der Waals surface area contributed by atoms with Crippen molar-refractivity contribution >= 4 is 6.21 Å². The Morgan fingerprint density at radius 1 is 1.41 bits per heavy atom. The summed E-state index contributed by atoms with van der Waals surface area (Å²) in [6.45, 7) is 2.60. The number of rotatable bonds is 4. The number of ether oxygens (including phenoxy) is 1. The largest absolute Gasteiger partial charge is 0.494 e. The lowest BCUT2D eigenvalue weighted by atomic mass is 10.3. The number of hydrogen-bond donors (Lipinski definition) is 1. The monoisotopic (exact) mass is 231 g/mol. The van der Waals surface area contributed by atoms with Gasteiger partial charge in [0.1, 0.15) is 11.4 Å². The van der Waals surface area contributed by atoms with E-state index in [4.69, 9.17) is 9.94 Å². The Kier molecular flexibility index (Phi) is 3.40. The highest BCUT2D eigenvalue weighted by atomic mass is 16.5. The molecular weight excluding hydrogens is 218 g/mol. The molecule has 0 saturated heterocycles. The minimum absolute atomic E-state index is 0.599. The second kappa shape index (κ2) is 5.16. The maximum atomic E-state index is 8.40. The Morgan fingerprint density at radius 2 is 2.18 bits per heavy atom. The molecule has 2 aromatic rings. The Bertz CT molecular complexity index is 503. The van der Waals surface area contributed by atoms with E-state index in [0.29, 0.717) is 12.3 Å². The van der Waals surface area contributed by atoms with Gasteiger partial charge in [-0.05, 0) is 31.2 Å². The maximum Gasteiger partial charge on any atom is 0.119 e. The number of oxime groups is 1. The molecule has 1 N–H and O–H groups in total. The molecule has 0 amide bonds. The highest BCUT2D eigenvalue weighted by Gasteiger charge is 1.99. The lowest BCUT2D eigenvalue weighted by molar-refractivity contribution is 0.321. The summed E-state index contributed by atoms with van der Waals surface area (Å²) in [6.07, 6.45) is 4.72. The predicted molar refractivity (Wildman–Crippen MR) is 64.1 cm³/mol. The number of benzene rings is 1. The molecule has 0 aliphatic rings. The van der Waals surface area contributed by atoms with Gasteiger partial charge in [-0.1, -0.05) is 5.16 Å². The zero-order chi connectivity index (χ0) is 12.1. The summed E-state index contributed by atoms with van der Waals surface area (Å²) in [5.74, 6) is 0.841. The third-order valence-electron chi connectivity index (χ3n) is 2.24. The lowest BCUT2D eigenvalue weighted by Crippen LogP contribution is -1.93. The Labute approximate surface area is 99.0 Å². The standard InChI is InChI=1S/C12H13N3O2/c1-2-17-12-5-3-11(4-6-12)15-8-10(7-14-16)13-9-15/h3-9,16H,2H2,1H3. The van der Waals surface area contributed by atoms with Gasteiger partial charge in [0.15, 0.2) is 0 Å². The number of aromatic nitrogens is 2. The van der Waals surface area contributed by atoms with Crippen LogP contribution in [0.15, 0.2) is 41.9 Å². The van der Waals surface area contributed by atoms with Crippen molar-refractivity contribution in [1.29, 1.82) is 0 Å². The molecule has 0 fully saturated rings. The van der Waals surface area contributed by atoms with Crippen LogP contribution in [0.3, 0.4) is 0 Å². The fraction of sp³-hybridized carbons (Fsp3) is 0.167. The molecule has 0 bridgehead atoms. The molecule has 0 aliphatic carbocycles. The Morgan fingerprint density at radius 3 is 2.82 bits per heavy atom. The van der Waals surface area contributed by atoms with Gasteiger partial charge in [-0.2, -0.15) is 0 Å². The highest BCUT2D eigenvalue weighted by molar-refractivity contribution is 5.76. The minimum Gasteiger partial charge on any atom is -0.494 e. The number of nitrogens with zero attached hydrogens (tertiary/aromatic N) is 3. The van der Waals surface area contributed by atoms with Crippen molar-refractivity contribution in [3.8, 4) is 11.4 Å². The van der Waals surface area contributed by atoms with Crippen molar-refractivity contribution in [3.63, 3.8) is 0 Å². The molecule has 0 saturated carbocycles. The van der Waals surface area contributed by atoms with Gasteiger partial charge in [-0.25, -0.2) is 4.98 Å². The first-order valence-electron chi connectivity index (χ1n) is 5.28. The Hall–Kier alpha value is -2.30. The van der Waals surface area contributed by atoms with Gasteiger partial charge in [-0.15, -0.1) is 0 Å². The fourth-order valence-electron chi connectivity index (χ4n) is 1.49. The summed E-state index contributed by atoms with van der Waals surface area (Å²) in [7, 11) is 0. The van der Waals surface area contributed by atoms with Gasteiger partial charge in [0.25, 0.3) is 0 Å². The fourth-order valence-corrected chi connectivity index (χ4v) is 1.49. The van der Waals surface area contributed by atoms with E-state index in [0.717, 1.165) is 11.4 Å². The van der Waals surface area contributed by atoms with Crippen molar-refractivity contribution in [2.75, 3.05) is 6.61 Å². The van der Waals surface area contributed by atoms with Gasteiger partial charge in [0, 0.05) is 11.9 Å². The quantitative estimate of drug-likeness (QED) is 0.498. The van der Waals surface area contributed by atoms with E-state index in [1.807, 2.05) is 35.8 Å². The van der Waals surface area contributed by atoms with Crippen LogP contribution in [0.4, 0.5) is 0 Å². The number of hydrogen-bond acceptors (Lipinski definition) is 4. The summed E-state index contributed by atoms with van der Waals surface area (Å²) in [6, 6.07) is 7.68. The van der Waals surface area contributed by atoms with Gasteiger partial charge < -0.3 is 14.5 Å². The molecule has 0 unspecified atom stereocenters. The molecule has 1 aromatic heterocycles. The molecule has 2 rings (SSSR count). The molecule has 88 valence electrons. The normalized spacial score (nSPS) is 10.9. The van der Waals surface area contributed by atoms with Crippen LogP contribution >= 0.6 is 0 Å². The van der Waals surface area contributed by atoms with Gasteiger partial charge in [0.05, 0.1) is 19.1 Å². The second-order valence-corrected chi connectivity index (χ2v) is 3.38. The van der Waals surface area contributed by atoms with E-state index in [9.17, 15) is 0 Å². The smallest absolute Gasteiger partial charge is 0.119 e. The van der Waals surface area contributed by atoms with Crippen molar-refractivity contribution in [1.82, 2.24) is 9.55 Å². The van der Waals surface area contributed by atoms with Crippen LogP contribution in [0.1, 0.15) is 12.6 Å². The summed E-state index contributed by atoms with van der Waals surface area (Å²) < 4.78 is 7.20. The van der Waals surface area contributed by atoms with Crippen LogP contribution in [-0.4, -0.2) is 27.6 Å². The molecule has 5 nitrogen and oxygen atoms in total. The van der Waals surface area contributed by atoms with Crippen molar-refractivity contribution < 1.29 is 9.94 Å². The average Bonchev–Trinajstić information content (AvgIpc) is 2.80. The van der Waals surface area contributed by atoms with E-state index < -0.39 is 0 Å². The predicted octanol–water partition coefficient (Wildman–Crippen LogP) is 2.08. The molecule has 0 atom stereocenters. The summed E-state index contributed by atoms with van der Waals surface area (Å²) in [5.41, 5.74) is 1.57. The molecule has 1 heterocycles. The van der Waals surface area contributed by atoms with E-state index in [2.05, 4.69) is 10.1 Å². The van der Waals surface area contributed by atoms with Crippen LogP contribution in [0.5, 0.6) is 5.75 Å². The zero-order valence-electron chi connectivity index (χ0n) is 9.45. The molecule has 0 spiro atoms. The average molecular weight is 231 g/mol. The third kappa shape index (κ3) is 2.63. The SMILES string of the molecule is CCOc1ccc(-n2cnc(C=NO)c2)cc1. The van der Waals surface area contributed by atoms with E-state index in [1.54, 1.807) is 12.5 Å². The van der Waals surface area contributed by atoms with Crippen LogP contribution in [0.2, 0.25) is 0 Å².